The number of carbonyl (C=O) groups excluding carboxylic acids is 2. The number of benzene rings is 3. The summed E-state index contributed by atoms with van der Waals surface area (Å²) in [4.78, 5) is 28.3. The Kier molecular flexibility index (Phi) is 10.5. The molecule has 0 saturated heterocycles. The quantitative estimate of drug-likeness (QED) is 0.327. The molecule has 0 radical (unpaired) electrons. The fraction of sp³-hybridized carbons (Fsp3) is 0.333. The molecule has 3 aromatic rings. The number of nitrogens with zero attached hydrogens (tertiary/aromatic N) is 2. The maximum absolute atomic E-state index is 13.9. The van der Waals surface area contributed by atoms with Crippen LogP contribution in [0, 0.1) is 13.8 Å². The van der Waals surface area contributed by atoms with Crippen molar-refractivity contribution < 1.29 is 18.0 Å². The lowest BCUT2D eigenvalue weighted by molar-refractivity contribution is -0.138. The largest absolute Gasteiger partial charge is 0.354 e. The molecule has 0 fully saturated rings. The molecule has 0 aliphatic carbocycles. The normalized spacial score (nSPS) is 12.0. The molecule has 208 valence electrons. The Morgan fingerprint density at radius 2 is 1.64 bits per heavy atom. The molecule has 39 heavy (non-hydrogen) atoms. The molecule has 7 nitrogen and oxygen atoms in total. The van der Waals surface area contributed by atoms with Crippen molar-refractivity contribution in [3.63, 3.8) is 0 Å². The fourth-order valence-corrected chi connectivity index (χ4v) is 5.92. The maximum atomic E-state index is 13.9. The van der Waals surface area contributed by atoms with Crippen LogP contribution in [0.5, 0.6) is 0 Å². The minimum atomic E-state index is -4.12. The molecule has 0 heterocycles. The van der Waals surface area contributed by atoms with Crippen LogP contribution >= 0.6 is 11.6 Å². The number of amides is 2. The van der Waals surface area contributed by atoms with Crippen molar-refractivity contribution in [1.29, 1.82) is 0 Å². The number of halogens is 1. The highest BCUT2D eigenvalue weighted by Crippen LogP contribution is 2.29. The Morgan fingerprint density at radius 3 is 2.26 bits per heavy atom. The lowest BCUT2D eigenvalue weighted by Gasteiger charge is -2.32. The third-order valence-electron chi connectivity index (χ3n) is 6.52. The number of nitrogens with one attached hydrogen (secondary N) is 1. The van der Waals surface area contributed by atoms with Crippen molar-refractivity contribution >= 4 is 39.1 Å². The van der Waals surface area contributed by atoms with E-state index in [0.29, 0.717) is 29.2 Å². The first-order valence-electron chi connectivity index (χ1n) is 13.0. The van der Waals surface area contributed by atoms with Gasteiger partial charge in [-0.3, -0.25) is 13.9 Å². The first-order valence-corrected chi connectivity index (χ1v) is 14.8. The van der Waals surface area contributed by atoms with E-state index >= 15 is 0 Å². The standard InChI is InChI=1S/C30H36ClN3O4S/c1-5-18-32-30(36)24(4)33(19-17-25-9-7-6-8-10-25)29(35)21-34(28-16-13-26(31)20-23(28)3)39(37,38)27-14-11-22(2)12-15-27/h6-16,20,24H,5,17-19,21H2,1-4H3,(H,32,36)/t24-/m1/s1. The minimum absolute atomic E-state index is 0.0693. The molecule has 0 unspecified atom stereocenters. The fourth-order valence-electron chi connectivity index (χ4n) is 4.22. The van der Waals surface area contributed by atoms with E-state index in [2.05, 4.69) is 5.32 Å². The Labute approximate surface area is 236 Å². The van der Waals surface area contributed by atoms with Gasteiger partial charge in [-0.2, -0.15) is 0 Å². The Hall–Kier alpha value is -3.36. The summed E-state index contributed by atoms with van der Waals surface area (Å²) in [6.07, 6.45) is 1.28. The van der Waals surface area contributed by atoms with E-state index in [-0.39, 0.29) is 17.3 Å². The smallest absolute Gasteiger partial charge is 0.264 e. The first kappa shape index (κ1) is 30.2. The van der Waals surface area contributed by atoms with Gasteiger partial charge in [0.15, 0.2) is 0 Å². The predicted octanol–water partition coefficient (Wildman–Crippen LogP) is 5.14. The van der Waals surface area contributed by atoms with Gasteiger partial charge in [-0.1, -0.05) is 66.6 Å². The predicted molar refractivity (Wildman–Crippen MR) is 157 cm³/mol. The lowest BCUT2D eigenvalue weighted by Crippen LogP contribution is -2.52. The number of sulfonamides is 1. The number of hydrogen-bond acceptors (Lipinski definition) is 4. The van der Waals surface area contributed by atoms with Crippen molar-refractivity contribution in [2.24, 2.45) is 0 Å². The average molecular weight is 570 g/mol. The van der Waals surface area contributed by atoms with Crippen molar-refractivity contribution in [2.75, 3.05) is 23.9 Å². The van der Waals surface area contributed by atoms with E-state index < -0.39 is 28.5 Å². The molecule has 0 saturated carbocycles. The zero-order chi connectivity index (χ0) is 28.6. The molecule has 2 amide bonds. The van der Waals surface area contributed by atoms with Gasteiger partial charge in [0, 0.05) is 18.1 Å². The second-order valence-corrected chi connectivity index (χ2v) is 11.8. The molecule has 9 heteroatoms. The van der Waals surface area contributed by atoms with Crippen LogP contribution in [-0.4, -0.2) is 50.8 Å². The number of anilines is 1. The molecule has 0 aliphatic heterocycles. The highest BCUT2D eigenvalue weighted by atomic mass is 35.5. The topological polar surface area (TPSA) is 86.8 Å². The summed E-state index contributed by atoms with van der Waals surface area (Å²) in [5.41, 5.74) is 2.88. The zero-order valence-electron chi connectivity index (χ0n) is 22.9. The van der Waals surface area contributed by atoms with Gasteiger partial charge in [-0.15, -0.1) is 0 Å². The average Bonchev–Trinajstić information content (AvgIpc) is 2.91. The lowest BCUT2D eigenvalue weighted by atomic mass is 10.1. The highest BCUT2D eigenvalue weighted by molar-refractivity contribution is 7.92. The SMILES string of the molecule is CCCNC(=O)[C@@H](C)N(CCc1ccccc1)C(=O)CN(c1ccc(Cl)cc1C)S(=O)(=O)c1ccc(C)cc1. The van der Waals surface area contributed by atoms with E-state index in [1.807, 2.05) is 44.2 Å². The van der Waals surface area contributed by atoms with Crippen molar-refractivity contribution in [3.05, 3.63) is 94.5 Å². The summed E-state index contributed by atoms with van der Waals surface area (Å²) in [6, 6.07) is 20.2. The highest BCUT2D eigenvalue weighted by Gasteiger charge is 2.32. The number of carbonyl (C=O) groups is 2. The van der Waals surface area contributed by atoms with Gasteiger partial charge in [0.25, 0.3) is 10.0 Å². The molecule has 0 bridgehead atoms. The molecule has 0 aromatic heterocycles. The Bertz CT molecular complexity index is 1380. The second-order valence-electron chi connectivity index (χ2n) is 9.55. The molecule has 1 N–H and O–H groups in total. The second kappa shape index (κ2) is 13.6. The van der Waals surface area contributed by atoms with Crippen LogP contribution < -0.4 is 9.62 Å². The van der Waals surface area contributed by atoms with Crippen molar-refractivity contribution in [2.45, 2.75) is 51.5 Å². The van der Waals surface area contributed by atoms with Gasteiger partial charge in [0.1, 0.15) is 12.6 Å². The van der Waals surface area contributed by atoms with Crippen LogP contribution in [0.4, 0.5) is 5.69 Å². The first-order chi connectivity index (χ1) is 18.5. The molecule has 0 aliphatic rings. The van der Waals surface area contributed by atoms with Crippen molar-refractivity contribution in [3.8, 4) is 0 Å². The zero-order valence-corrected chi connectivity index (χ0v) is 24.4. The summed E-state index contributed by atoms with van der Waals surface area (Å²) < 4.78 is 28.9. The number of rotatable bonds is 12. The Balaban J connectivity index is 2.00. The van der Waals surface area contributed by atoms with Gasteiger partial charge in [0.2, 0.25) is 11.8 Å². The molecular formula is C30H36ClN3O4S. The third kappa shape index (κ3) is 7.83. The van der Waals surface area contributed by atoms with Crippen LogP contribution in [0.2, 0.25) is 5.02 Å². The van der Waals surface area contributed by atoms with Gasteiger partial charge in [0.05, 0.1) is 10.6 Å². The van der Waals surface area contributed by atoms with Crippen molar-refractivity contribution in [1.82, 2.24) is 10.2 Å². The van der Waals surface area contributed by atoms with Gasteiger partial charge >= 0.3 is 0 Å². The summed E-state index contributed by atoms with van der Waals surface area (Å²) >= 11 is 6.16. The third-order valence-corrected chi connectivity index (χ3v) is 8.53. The number of aryl methyl sites for hydroxylation is 2. The maximum Gasteiger partial charge on any atom is 0.264 e. The van der Waals surface area contributed by atoms with E-state index in [0.717, 1.165) is 21.9 Å². The van der Waals surface area contributed by atoms with Gasteiger partial charge in [-0.25, -0.2) is 8.42 Å². The molecule has 3 aromatic carbocycles. The van der Waals surface area contributed by atoms with Gasteiger partial charge in [-0.05, 0) is 75.1 Å². The minimum Gasteiger partial charge on any atom is -0.354 e. The van der Waals surface area contributed by atoms with E-state index in [1.165, 1.54) is 17.0 Å². The number of hydrogen-bond donors (Lipinski definition) is 1. The molecular weight excluding hydrogens is 534 g/mol. The van der Waals surface area contributed by atoms with Crippen LogP contribution in [0.25, 0.3) is 0 Å². The van der Waals surface area contributed by atoms with Crippen LogP contribution in [-0.2, 0) is 26.0 Å². The molecule has 1 atom stereocenters. The molecule has 0 spiro atoms. The van der Waals surface area contributed by atoms with Gasteiger partial charge < -0.3 is 10.2 Å². The summed E-state index contributed by atoms with van der Waals surface area (Å²) in [6.45, 7) is 7.50. The van der Waals surface area contributed by atoms with E-state index in [4.69, 9.17) is 11.6 Å². The Morgan fingerprint density at radius 1 is 0.974 bits per heavy atom. The van der Waals surface area contributed by atoms with Crippen LogP contribution in [0.3, 0.4) is 0 Å². The summed E-state index contributed by atoms with van der Waals surface area (Å²) in [5.74, 6) is -0.760. The van der Waals surface area contributed by atoms with Crippen LogP contribution in [0.1, 0.15) is 37.0 Å². The summed E-state index contributed by atoms with van der Waals surface area (Å²) in [5, 5.41) is 3.31. The van der Waals surface area contributed by atoms with Crippen LogP contribution in [0.15, 0.2) is 77.7 Å². The monoisotopic (exact) mass is 569 g/mol. The summed E-state index contributed by atoms with van der Waals surface area (Å²) in [7, 11) is -4.12. The van der Waals surface area contributed by atoms with E-state index in [1.54, 1.807) is 44.2 Å². The molecule has 3 rings (SSSR count). The van der Waals surface area contributed by atoms with E-state index in [9.17, 15) is 18.0 Å².